The molecule has 1 aromatic rings. The maximum atomic E-state index is 13.8. The Morgan fingerprint density at radius 1 is 1.42 bits per heavy atom. The Bertz CT molecular complexity index is 408. The van der Waals surface area contributed by atoms with Crippen molar-refractivity contribution in [1.82, 2.24) is 10.2 Å². The van der Waals surface area contributed by atoms with Crippen molar-refractivity contribution in [2.24, 2.45) is 0 Å². The van der Waals surface area contributed by atoms with Gasteiger partial charge in [-0.25, -0.2) is 4.39 Å². The third-order valence-corrected chi connectivity index (χ3v) is 3.56. The minimum absolute atomic E-state index is 0.0625. The fourth-order valence-corrected chi connectivity index (χ4v) is 2.57. The van der Waals surface area contributed by atoms with Gasteiger partial charge in [0.25, 0.3) is 0 Å². The molecule has 1 aromatic carbocycles. The van der Waals surface area contributed by atoms with Crippen LogP contribution in [-0.4, -0.2) is 49.9 Å². The van der Waals surface area contributed by atoms with Crippen molar-refractivity contribution >= 4 is 0 Å². The lowest BCUT2D eigenvalue weighted by Gasteiger charge is -2.35. The first-order chi connectivity index (χ1) is 9.26. The maximum absolute atomic E-state index is 13.8. The summed E-state index contributed by atoms with van der Waals surface area (Å²) < 4.78 is 18.7. The molecule has 5 heteroatoms. The van der Waals surface area contributed by atoms with E-state index in [9.17, 15) is 9.50 Å². The van der Waals surface area contributed by atoms with Crippen molar-refractivity contribution < 1.29 is 14.2 Å². The number of halogens is 1. The molecule has 0 spiro atoms. The average molecular weight is 268 g/mol. The molecule has 1 atom stereocenters. The third kappa shape index (κ3) is 3.43. The van der Waals surface area contributed by atoms with Gasteiger partial charge in [-0.2, -0.15) is 0 Å². The SMILES string of the molecule is COc1ccc([C@@H](CCO)N2CCNCC2)cc1F. The van der Waals surface area contributed by atoms with Crippen molar-refractivity contribution in [1.29, 1.82) is 0 Å². The number of aliphatic hydroxyl groups excluding tert-OH is 1. The summed E-state index contributed by atoms with van der Waals surface area (Å²) >= 11 is 0. The molecule has 4 nitrogen and oxygen atoms in total. The van der Waals surface area contributed by atoms with Crippen LogP contribution in [0.1, 0.15) is 18.0 Å². The highest BCUT2D eigenvalue weighted by Gasteiger charge is 2.22. The molecule has 0 amide bonds. The monoisotopic (exact) mass is 268 g/mol. The average Bonchev–Trinajstić information content (AvgIpc) is 2.45. The maximum Gasteiger partial charge on any atom is 0.165 e. The van der Waals surface area contributed by atoms with Crippen LogP contribution in [0.5, 0.6) is 5.75 Å². The summed E-state index contributed by atoms with van der Waals surface area (Å²) in [5, 5.41) is 12.5. The van der Waals surface area contributed by atoms with Crippen molar-refractivity contribution in [3.05, 3.63) is 29.6 Å². The number of hydrogen-bond acceptors (Lipinski definition) is 4. The molecular formula is C14H21FN2O2. The predicted octanol–water partition coefficient (Wildman–Crippen LogP) is 1.16. The lowest BCUT2D eigenvalue weighted by Crippen LogP contribution is -2.45. The quantitative estimate of drug-likeness (QED) is 0.841. The van der Waals surface area contributed by atoms with Gasteiger partial charge in [0.1, 0.15) is 0 Å². The van der Waals surface area contributed by atoms with Crippen LogP contribution in [0.4, 0.5) is 4.39 Å². The second-order valence-corrected chi connectivity index (χ2v) is 4.71. The van der Waals surface area contributed by atoms with Crippen LogP contribution in [0.3, 0.4) is 0 Å². The van der Waals surface area contributed by atoms with Crippen LogP contribution < -0.4 is 10.1 Å². The minimum atomic E-state index is -0.349. The molecule has 1 saturated heterocycles. The van der Waals surface area contributed by atoms with Gasteiger partial charge in [0.15, 0.2) is 11.6 Å². The van der Waals surface area contributed by atoms with E-state index in [-0.39, 0.29) is 24.2 Å². The molecule has 2 N–H and O–H groups in total. The van der Waals surface area contributed by atoms with E-state index in [1.54, 1.807) is 6.07 Å². The Morgan fingerprint density at radius 2 is 2.16 bits per heavy atom. The lowest BCUT2D eigenvalue weighted by atomic mass is 10.0. The summed E-state index contributed by atoms with van der Waals surface area (Å²) in [6.07, 6.45) is 0.617. The van der Waals surface area contributed by atoms with Gasteiger partial charge in [-0.15, -0.1) is 0 Å². The van der Waals surface area contributed by atoms with Crippen molar-refractivity contribution in [2.45, 2.75) is 12.5 Å². The number of hydrogen-bond donors (Lipinski definition) is 2. The molecule has 19 heavy (non-hydrogen) atoms. The topological polar surface area (TPSA) is 44.7 Å². The molecule has 0 unspecified atom stereocenters. The number of benzene rings is 1. The second-order valence-electron chi connectivity index (χ2n) is 4.71. The number of nitrogens with zero attached hydrogens (tertiary/aromatic N) is 1. The summed E-state index contributed by atoms with van der Waals surface area (Å²) in [6, 6.07) is 5.11. The minimum Gasteiger partial charge on any atom is -0.494 e. The Balaban J connectivity index is 2.19. The first-order valence-electron chi connectivity index (χ1n) is 6.65. The number of ether oxygens (including phenoxy) is 1. The molecule has 1 aliphatic heterocycles. The van der Waals surface area contributed by atoms with Gasteiger partial charge in [-0.05, 0) is 24.1 Å². The number of piperazine rings is 1. The molecule has 1 heterocycles. The molecule has 1 aliphatic rings. The smallest absolute Gasteiger partial charge is 0.165 e. The number of aliphatic hydroxyl groups is 1. The van der Waals surface area contributed by atoms with Crippen molar-refractivity contribution in [3.8, 4) is 5.75 Å². The second kappa shape index (κ2) is 6.84. The normalized spacial score (nSPS) is 18.3. The summed E-state index contributed by atoms with van der Waals surface area (Å²) in [7, 11) is 1.46. The van der Waals surface area contributed by atoms with E-state index < -0.39 is 0 Å². The van der Waals surface area contributed by atoms with Crippen molar-refractivity contribution in [2.75, 3.05) is 39.9 Å². The Morgan fingerprint density at radius 3 is 2.74 bits per heavy atom. The van der Waals surface area contributed by atoms with Crippen LogP contribution in [0.15, 0.2) is 18.2 Å². The Kier molecular flexibility index (Phi) is 5.13. The number of nitrogens with one attached hydrogen (secondary N) is 1. The van der Waals surface area contributed by atoms with Crippen molar-refractivity contribution in [3.63, 3.8) is 0 Å². The predicted molar refractivity (Wildman–Crippen MR) is 71.8 cm³/mol. The zero-order valence-electron chi connectivity index (χ0n) is 11.2. The largest absolute Gasteiger partial charge is 0.494 e. The summed E-state index contributed by atoms with van der Waals surface area (Å²) in [4.78, 5) is 2.29. The number of methoxy groups -OCH3 is 1. The molecule has 1 fully saturated rings. The molecule has 0 radical (unpaired) electrons. The Hall–Kier alpha value is -1.17. The van der Waals surface area contributed by atoms with Gasteiger partial charge in [-0.1, -0.05) is 6.07 Å². The molecule has 106 valence electrons. The fourth-order valence-electron chi connectivity index (χ4n) is 2.57. The number of rotatable bonds is 5. The molecular weight excluding hydrogens is 247 g/mol. The first kappa shape index (κ1) is 14.2. The van der Waals surface area contributed by atoms with E-state index >= 15 is 0 Å². The van der Waals surface area contributed by atoms with Crippen LogP contribution in [0.2, 0.25) is 0 Å². The molecule has 0 aromatic heterocycles. The fraction of sp³-hybridized carbons (Fsp3) is 0.571. The third-order valence-electron chi connectivity index (χ3n) is 3.56. The molecule has 2 rings (SSSR count). The zero-order valence-corrected chi connectivity index (χ0v) is 11.2. The van der Waals surface area contributed by atoms with Crippen LogP contribution in [0, 0.1) is 5.82 Å². The first-order valence-corrected chi connectivity index (χ1v) is 6.65. The van der Waals surface area contributed by atoms with Gasteiger partial charge in [0.2, 0.25) is 0 Å². The summed E-state index contributed by atoms with van der Waals surface area (Å²) in [6.45, 7) is 3.79. The van der Waals surface area contributed by atoms with Gasteiger partial charge in [0, 0.05) is 38.8 Å². The highest BCUT2D eigenvalue weighted by atomic mass is 19.1. The standard InChI is InChI=1S/C14H21FN2O2/c1-19-14-3-2-11(10-12(14)15)13(4-9-18)17-7-5-16-6-8-17/h2-3,10,13,16,18H,4-9H2,1H3/t13-/m1/s1. The van der Waals surface area contributed by atoms with Crippen LogP contribution in [0.25, 0.3) is 0 Å². The van der Waals surface area contributed by atoms with E-state index in [1.165, 1.54) is 13.2 Å². The molecule has 0 bridgehead atoms. The highest BCUT2D eigenvalue weighted by molar-refractivity contribution is 5.31. The van der Waals surface area contributed by atoms with Crippen LogP contribution in [-0.2, 0) is 0 Å². The summed E-state index contributed by atoms with van der Waals surface area (Å²) in [5.74, 6) is -0.0927. The molecule has 0 saturated carbocycles. The van der Waals surface area contributed by atoms with E-state index in [0.29, 0.717) is 6.42 Å². The van der Waals surface area contributed by atoms with Crippen LogP contribution >= 0.6 is 0 Å². The van der Waals surface area contributed by atoms with Gasteiger partial charge < -0.3 is 15.2 Å². The van der Waals surface area contributed by atoms with E-state index in [0.717, 1.165) is 31.7 Å². The van der Waals surface area contributed by atoms with E-state index in [1.807, 2.05) is 6.07 Å². The zero-order chi connectivity index (χ0) is 13.7. The van der Waals surface area contributed by atoms with Gasteiger partial charge >= 0.3 is 0 Å². The van der Waals surface area contributed by atoms with E-state index in [2.05, 4.69) is 10.2 Å². The Labute approximate surface area is 113 Å². The van der Waals surface area contributed by atoms with Gasteiger partial charge in [-0.3, -0.25) is 4.90 Å². The highest BCUT2D eigenvalue weighted by Crippen LogP contribution is 2.28. The van der Waals surface area contributed by atoms with Gasteiger partial charge in [0.05, 0.1) is 7.11 Å². The lowest BCUT2D eigenvalue weighted by molar-refractivity contribution is 0.141. The molecule has 0 aliphatic carbocycles. The summed E-state index contributed by atoms with van der Waals surface area (Å²) in [5.41, 5.74) is 0.897. The van der Waals surface area contributed by atoms with E-state index in [4.69, 9.17) is 4.74 Å².